The van der Waals surface area contributed by atoms with E-state index in [2.05, 4.69) is 77.4 Å². The lowest BCUT2D eigenvalue weighted by molar-refractivity contribution is 0.122. The monoisotopic (exact) mass is 528 g/mol. The van der Waals surface area contributed by atoms with Gasteiger partial charge in [-0.3, -0.25) is 9.89 Å². The van der Waals surface area contributed by atoms with Crippen LogP contribution in [0.2, 0.25) is 0 Å². The van der Waals surface area contributed by atoms with Crippen molar-refractivity contribution in [1.29, 1.82) is 0 Å². The molecule has 7 heteroatoms. The van der Waals surface area contributed by atoms with Gasteiger partial charge in [0.25, 0.3) is 0 Å². The van der Waals surface area contributed by atoms with Gasteiger partial charge in [-0.15, -0.1) is 24.0 Å². The van der Waals surface area contributed by atoms with Gasteiger partial charge in [0, 0.05) is 57.5 Å². The number of halogens is 1. The molecular formula is C23H41IN6. The maximum absolute atomic E-state index is 4.90. The van der Waals surface area contributed by atoms with Gasteiger partial charge in [-0.1, -0.05) is 12.1 Å². The largest absolute Gasteiger partial charge is 0.372 e. The summed E-state index contributed by atoms with van der Waals surface area (Å²) in [5.41, 5.74) is 2.66. The van der Waals surface area contributed by atoms with Gasteiger partial charge in [0.2, 0.25) is 0 Å². The van der Waals surface area contributed by atoms with E-state index in [1.807, 2.05) is 0 Å². The molecule has 170 valence electrons. The Labute approximate surface area is 200 Å². The van der Waals surface area contributed by atoms with E-state index in [0.29, 0.717) is 6.04 Å². The summed E-state index contributed by atoms with van der Waals surface area (Å²) in [5.74, 6) is 0.910. The van der Waals surface area contributed by atoms with Crippen molar-refractivity contribution in [3.8, 4) is 0 Å². The van der Waals surface area contributed by atoms with Gasteiger partial charge >= 0.3 is 0 Å². The Morgan fingerprint density at radius 3 is 2.43 bits per heavy atom. The molecule has 2 heterocycles. The summed E-state index contributed by atoms with van der Waals surface area (Å²) >= 11 is 0. The summed E-state index contributed by atoms with van der Waals surface area (Å²) in [4.78, 5) is 12.3. The number of nitrogens with one attached hydrogen (secondary N) is 2. The Bertz CT molecular complexity index is 653. The minimum atomic E-state index is 0. The first-order valence-electron chi connectivity index (χ1n) is 11.4. The molecule has 0 bridgehead atoms. The highest BCUT2D eigenvalue weighted by atomic mass is 127. The van der Waals surface area contributed by atoms with E-state index in [1.165, 1.54) is 37.2 Å². The smallest absolute Gasteiger partial charge is 0.191 e. The standard InChI is InChI=1S/C23H40N6.HI/c1-5-24-23(25-18-19(2)28-15-13-27(4)14-16-28)26-20(3)21-9-8-10-22(17-21)29-11-6-7-12-29;/h8-10,17,19-20H,5-7,11-16,18H2,1-4H3,(H2,24,25,26);1H. The Morgan fingerprint density at radius 2 is 1.77 bits per heavy atom. The minimum absolute atomic E-state index is 0. The van der Waals surface area contributed by atoms with Crippen molar-refractivity contribution in [1.82, 2.24) is 20.4 Å². The van der Waals surface area contributed by atoms with Crippen molar-refractivity contribution in [3.63, 3.8) is 0 Å². The first-order valence-corrected chi connectivity index (χ1v) is 11.4. The molecule has 0 aliphatic carbocycles. The van der Waals surface area contributed by atoms with Gasteiger partial charge in [0.05, 0.1) is 12.6 Å². The second-order valence-electron chi connectivity index (χ2n) is 8.56. The number of nitrogens with zero attached hydrogens (tertiary/aromatic N) is 4. The van der Waals surface area contributed by atoms with Crippen molar-refractivity contribution in [3.05, 3.63) is 29.8 Å². The van der Waals surface area contributed by atoms with Crippen LogP contribution >= 0.6 is 24.0 Å². The minimum Gasteiger partial charge on any atom is -0.372 e. The van der Waals surface area contributed by atoms with Crippen LogP contribution in [0.5, 0.6) is 0 Å². The Balaban J connectivity index is 0.00000320. The van der Waals surface area contributed by atoms with Crippen molar-refractivity contribution >= 4 is 35.6 Å². The summed E-state index contributed by atoms with van der Waals surface area (Å²) in [7, 11) is 2.20. The summed E-state index contributed by atoms with van der Waals surface area (Å²) in [5, 5.41) is 7.03. The number of rotatable bonds is 7. The average molecular weight is 529 g/mol. The van der Waals surface area contributed by atoms with Crippen LogP contribution in [-0.2, 0) is 0 Å². The maximum Gasteiger partial charge on any atom is 0.191 e. The molecule has 0 spiro atoms. The molecule has 1 aromatic carbocycles. The Morgan fingerprint density at radius 1 is 1.07 bits per heavy atom. The lowest BCUT2D eigenvalue weighted by atomic mass is 10.1. The van der Waals surface area contributed by atoms with E-state index >= 15 is 0 Å². The van der Waals surface area contributed by atoms with Crippen LogP contribution in [0.1, 0.15) is 45.2 Å². The van der Waals surface area contributed by atoms with E-state index in [9.17, 15) is 0 Å². The molecule has 30 heavy (non-hydrogen) atoms. The Kier molecular flexibility index (Phi) is 10.7. The van der Waals surface area contributed by atoms with Crippen LogP contribution in [0.25, 0.3) is 0 Å². The van der Waals surface area contributed by atoms with Gasteiger partial charge in [-0.05, 0) is 58.4 Å². The number of guanidine groups is 1. The number of hydrogen-bond acceptors (Lipinski definition) is 4. The van der Waals surface area contributed by atoms with Crippen LogP contribution in [0, 0.1) is 0 Å². The molecule has 2 aliphatic rings. The third-order valence-electron chi connectivity index (χ3n) is 6.21. The lowest BCUT2D eigenvalue weighted by Crippen LogP contribution is -2.49. The topological polar surface area (TPSA) is 46.1 Å². The molecule has 0 amide bonds. The predicted molar refractivity (Wildman–Crippen MR) is 139 cm³/mol. The van der Waals surface area contributed by atoms with Gasteiger partial charge in [0.15, 0.2) is 5.96 Å². The maximum atomic E-state index is 4.90. The molecule has 3 rings (SSSR count). The summed E-state index contributed by atoms with van der Waals surface area (Å²) in [6.45, 7) is 15.3. The first kappa shape index (κ1) is 25.2. The second kappa shape index (κ2) is 12.7. The highest BCUT2D eigenvalue weighted by molar-refractivity contribution is 14.0. The molecular weight excluding hydrogens is 487 g/mol. The van der Waals surface area contributed by atoms with Crippen LogP contribution in [0.15, 0.2) is 29.3 Å². The number of benzene rings is 1. The fraction of sp³-hybridized carbons (Fsp3) is 0.696. The van der Waals surface area contributed by atoms with E-state index in [0.717, 1.165) is 45.2 Å². The molecule has 2 atom stereocenters. The molecule has 2 aliphatic heterocycles. The third-order valence-corrected chi connectivity index (χ3v) is 6.21. The van der Waals surface area contributed by atoms with E-state index < -0.39 is 0 Å². The van der Waals surface area contributed by atoms with Crippen LogP contribution < -0.4 is 15.5 Å². The van der Waals surface area contributed by atoms with Gasteiger partial charge in [-0.25, -0.2) is 0 Å². The number of likely N-dealkylation sites (N-methyl/N-ethyl adjacent to an activating group) is 1. The molecule has 2 fully saturated rings. The molecule has 0 radical (unpaired) electrons. The van der Waals surface area contributed by atoms with E-state index in [-0.39, 0.29) is 30.0 Å². The van der Waals surface area contributed by atoms with Crippen molar-refractivity contribution in [2.45, 2.75) is 45.7 Å². The van der Waals surface area contributed by atoms with Crippen LogP contribution in [0.3, 0.4) is 0 Å². The zero-order valence-corrected chi connectivity index (χ0v) is 21.6. The number of piperazine rings is 1. The number of anilines is 1. The molecule has 1 aromatic rings. The van der Waals surface area contributed by atoms with Crippen molar-refractivity contribution < 1.29 is 0 Å². The molecule has 2 unspecified atom stereocenters. The quantitative estimate of drug-likeness (QED) is 0.324. The molecule has 0 saturated carbocycles. The normalized spacial score (nSPS) is 20.5. The van der Waals surface area contributed by atoms with Gasteiger partial charge < -0.3 is 20.4 Å². The van der Waals surface area contributed by atoms with Crippen LogP contribution in [0.4, 0.5) is 5.69 Å². The third kappa shape index (κ3) is 7.27. The van der Waals surface area contributed by atoms with E-state index in [4.69, 9.17) is 4.99 Å². The second-order valence-corrected chi connectivity index (χ2v) is 8.56. The van der Waals surface area contributed by atoms with E-state index in [1.54, 1.807) is 0 Å². The summed E-state index contributed by atoms with van der Waals surface area (Å²) < 4.78 is 0. The highest BCUT2D eigenvalue weighted by Crippen LogP contribution is 2.24. The average Bonchev–Trinajstić information content (AvgIpc) is 3.27. The van der Waals surface area contributed by atoms with Crippen molar-refractivity contribution in [2.75, 3.05) is 64.3 Å². The molecule has 6 nitrogen and oxygen atoms in total. The zero-order chi connectivity index (χ0) is 20.6. The fourth-order valence-corrected chi connectivity index (χ4v) is 4.18. The highest BCUT2D eigenvalue weighted by Gasteiger charge is 2.19. The van der Waals surface area contributed by atoms with Gasteiger partial charge in [0.1, 0.15) is 0 Å². The first-order chi connectivity index (χ1) is 14.1. The number of aliphatic imine (C=N–C) groups is 1. The van der Waals surface area contributed by atoms with Crippen LogP contribution in [-0.4, -0.2) is 81.2 Å². The molecule has 0 aromatic heterocycles. The lowest BCUT2D eigenvalue weighted by Gasteiger charge is -2.36. The predicted octanol–water partition coefficient (Wildman–Crippen LogP) is 3.16. The van der Waals surface area contributed by atoms with Gasteiger partial charge in [-0.2, -0.15) is 0 Å². The zero-order valence-electron chi connectivity index (χ0n) is 19.2. The fourth-order valence-electron chi connectivity index (χ4n) is 4.18. The Hall–Kier alpha value is -1.06. The SMILES string of the molecule is CCNC(=NCC(C)N1CCN(C)CC1)NC(C)c1cccc(N2CCCC2)c1.I. The number of hydrogen-bond donors (Lipinski definition) is 2. The molecule has 2 N–H and O–H groups in total. The summed E-state index contributed by atoms with van der Waals surface area (Å²) in [6, 6.07) is 9.65. The summed E-state index contributed by atoms with van der Waals surface area (Å²) in [6.07, 6.45) is 2.61. The van der Waals surface area contributed by atoms with Crippen molar-refractivity contribution in [2.24, 2.45) is 4.99 Å². The molecule has 2 saturated heterocycles.